The summed E-state index contributed by atoms with van der Waals surface area (Å²) in [7, 11) is 0. The number of esters is 1. The largest absolute Gasteiger partial charge is 0.494 e. The average molecular weight is 600 g/mol. The van der Waals surface area contributed by atoms with E-state index in [4.69, 9.17) is 21.7 Å². The van der Waals surface area contributed by atoms with Crippen molar-refractivity contribution in [1.82, 2.24) is 4.90 Å². The van der Waals surface area contributed by atoms with Gasteiger partial charge in [0.15, 0.2) is 0 Å². The number of ether oxygens (including phenoxy) is 2. The Morgan fingerprint density at radius 3 is 1.86 bits per heavy atom. The van der Waals surface area contributed by atoms with Crippen molar-refractivity contribution in [2.75, 3.05) is 13.2 Å². The van der Waals surface area contributed by atoms with Crippen LogP contribution in [0.1, 0.15) is 117 Å². The van der Waals surface area contributed by atoms with E-state index in [1.54, 1.807) is 35.2 Å². The zero-order valence-electron chi connectivity index (χ0n) is 25.7. The quantitative estimate of drug-likeness (QED) is 0.0630. The van der Waals surface area contributed by atoms with Gasteiger partial charge in [0.1, 0.15) is 16.5 Å². The van der Waals surface area contributed by atoms with Gasteiger partial charge in [0.25, 0.3) is 5.91 Å². The fourth-order valence-electron chi connectivity index (χ4n) is 5.37. The van der Waals surface area contributed by atoms with Crippen LogP contribution in [0.4, 0.5) is 0 Å². The van der Waals surface area contributed by atoms with Crippen LogP contribution in [0.15, 0.2) is 66.7 Å². The Morgan fingerprint density at radius 1 is 0.674 bits per heavy atom. The first-order valence-electron chi connectivity index (χ1n) is 16.1. The smallest absolute Gasteiger partial charge is 0.343 e. The van der Waals surface area contributed by atoms with Gasteiger partial charge in [-0.05, 0) is 60.4 Å². The second-order valence-electron chi connectivity index (χ2n) is 11.3. The van der Waals surface area contributed by atoms with Gasteiger partial charge < -0.3 is 9.47 Å². The molecule has 3 aromatic rings. The molecule has 0 aliphatic carbocycles. The number of benzene rings is 3. The normalized spacial score (nSPS) is 12.5. The molecule has 3 aromatic carbocycles. The van der Waals surface area contributed by atoms with Gasteiger partial charge in [0.05, 0.1) is 17.7 Å². The highest BCUT2D eigenvalue weighted by Gasteiger charge is 2.32. The molecule has 1 amide bonds. The highest BCUT2D eigenvalue weighted by atomic mass is 32.1. The summed E-state index contributed by atoms with van der Waals surface area (Å²) in [5.74, 6) is 0.679. The lowest BCUT2D eigenvalue weighted by molar-refractivity contribution is 0.0734. The maximum atomic E-state index is 13.0. The van der Waals surface area contributed by atoms with Gasteiger partial charge in [-0.3, -0.25) is 9.69 Å². The number of unbranched alkanes of at least 4 members (excludes halogenated alkanes) is 10. The Bertz CT molecular complexity index is 1350. The van der Waals surface area contributed by atoms with E-state index in [0.29, 0.717) is 34.0 Å². The number of fused-ring (bicyclic) bond motifs is 1. The highest BCUT2D eigenvalue weighted by molar-refractivity contribution is 7.80. The monoisotopic (exact) mass is 599 g/mol. The maximum absolute atomic E-state index is 13.0. The van der Waals surface area contributed by atoms with E-state index in [9.17, 15) is 9.59 Å². The first-order valence-corrected chi connectivity index (χ1v) is 16.5. The van der Waals surface area contributed by atoms with Gasteiger partial charge in [-0.1, -0.05) is 121 Å². The van der Waals surface area contributed by atoms with E-state index in [1.807, 2.05) is 36.4 Å². The van der Waals surface area contributed by atoms with Crippen molar-refractivity contribution in [3.05, 3.63) is 83.4 Å². The first-order chi connectivity index (χ1) is 21.0. The summed E-state index contributed by atoms with van der Waals surface area (Å²) >= 11 is 5.55. The van der Waals surface area contributed by atoms with Gasteiger partial charge in [0.2, 0.25) is 0 Å². The molecule has 0 saturated heterocycles. The van der Waals surface area contributed by atoms with Crippen LogP contribution in [0.2, 0.25) is 0 Å². The predicted molar refractivity (Wildman–Crippen MR) is 178 cm³/mol. The third kappa shape index (κ3) is 9.24. The molecule has 0 spiro atoms. The van der Waals surface area contributed by atoms with Gasteiger partial charge in [0, 0.05) is 12.1 Å². The minimum Gasteiger partial charge on any atom is -0.494 e. The minimum absolute atomic E-state index is 0.139. The van der Waals surface area contributed by atoms with E-state index in [1.165, 1.54) is 44.9 Å². The Balaban J connectivity index is 1.25. The molecule has 1 heterocycles. The number of carbonyl (C=O) groups excluding carboxylic acids is 2. The van der Waals surface area contributed by atoms with E-state index < -0.39 is 5.97 Å². The molecule has 43 heavy (non-hydrogen) atoms. The molecule has 0 fully saturated rings. The van der Waals surface area contributed by atoms with Crippen LogP contribution in [-0.2, 0) is 0 Å². The fourth-order valence-corrected chi connectivity index (χ4v) is 5.72. The molecule has 0 aromatic heterocycles. The van der Waals surface area contributed by atoms with Crippen molar-refractivity contribution < 1.29 is 19.1 Å². The number of thiocarbonyl (C=S) groups is 1. The minimum atomic E-state index is -0.506. The molecule has 0 radical (unpaired) electrons. The van der Waals surface area contributed by atoms with Crippen molar-refractivity contribution in [3.63, 3.8) is 0 Å². The van der Waals surface area contributed by atoms with Gasteiger partial charge in [-0.15, -0.1) is 0 Å². The summed E-state index contributed by atoms with van der Waals surface area (Å²) < 4.78 is 11.6. The van der Waals surface area contributed by atoms with Crippen LogP contribution in [0.5, 0.6) is 11.5 Å². The molecule has 4 rings (SSSR count). The van der Waals surface area contributed by atoms with E-state index in [2.05, 4.69) is 13.8 Å². The molecule has 0 atom stereocenters. The number of nitrogens with zero attached hydrogens (tertiary/aromatic N) is 1. The van der Waals surface area contributed by atoms with Crippen LogP contribution in [0.3, 0.4) is 0 Å². The lowest BCUT2D eigenvalue weighted by Gasteiger charge is -2.15. The van der Waals surface area contributed by atoms with Crippen LogP contribution in [0.25, 0.3) is 11.1 Å². The van der Waals surface area contributed by atoms with Crippen LogP contribution >= 0.6 is 12.2 Å². The van der Waals surface area contributed by atoms with Crippen molar-refractivity contribution in [2.24, 2.45) is 0 Å². The van der Waals surface area contributed by atoms with Gasteiger partial charge in [-0.2, -0.15) is 0 Å². The summed E-state index contributed by atoms with van der Waals surface area (Å²) in [5.41, 5.74) is 3.58. The van der Waals surface area contributed by atoms with Crippen molar-refractivity contribution >= 4 is 29.1 Å². The van der Waals surface area contributed by atoms with Crippen molar-refractivity contribution in [1.29, 1.82) is 0 Å². The maximum Gasteiger partial charge on any atom is 0.343 e. The molecule has 0 unspecified atom stereocenters. The fraction of sp³-hybridized carbons (Fsp3) is 0.432. The molecule has 5 nitrogen and oxygen atoms in total. The molecule has 0 N–H and O–H groups in total. The topological polar surface area (TPSA) is 55.8 Å². The zero-order valence-corrected chi connectivity index (χ0v) is 26.6. The summed E-state index contributed by atoms with van der Waals surface area (Å²) in [6.45, 7) is 5.76. The van der Waals surface area contributed by atoms with Crippen molar-refractivity contribution in [2.45, 2.75) is 90.9 Å². The third-order valence-electron chi connectivity index (χ3n) is 7.96. The Hall–Kier alpha value is -3.51. The zero-order chi connectivity index (χ0) is 30.4. The Kier molecular flexibility index (Phi) is 12.8. The SMILES string of the molecule is CCCCCCCCCCOc1ccc(-c2ccc(OC(=O)c3ccc4c(c3)C(=O)N(CCCCCC)C4=S)cc2)cc1. The molecular weight excluding hydrogens is 554 g/mol. The van der Waals surface area contributed by atoms with Gasteiger partial charge >= 0.3 is 5.97 Å². The number of hydrogen-bond donors (Lipinski definition) is 0. The standard InChI is InChI=1S/C37H45NO4S/c1-3-5-7-9-10-11-12-14-26-41-31-20-15-28(16-21-31)29-17-22-32(23-18-29)42-37(40)30-19-24-33-34(27-30)35(39)38(36(33)43)25-13-8-6-4-2/h15-24,27H,3-14,25-26H2,1-2H3. The highest BCUT2D eigenvalue weighted by Crippen LogP contribution is 2.28. The van der Waals surface area contributed by atoms with Crippen LogP contribution in [-0.4, -0.2) is 34.9 Å². The molecule has 228 valence electrons. The lowest BCUT2D eigenvalue weighted by Crippen LogP contribution is -2.30. The second kappa shape index (κ2) is 17.0. The van der Waals surface area contributed by atoms with E-state index in [0.717, 1.165) is 55.6 Å². The average Bonchev–Trinajstić information content (AvgIpc) is 3.27. The summed E-state index contributed by atoms with van der Waals surface area (Å²) in [6.07, 6.45) is 14.5. The Morgan fingerprint density at radius 2 is 1.23 bits per heavy atom. The summed E-state index contributed by atoms with van der Waals surface area (Å²) in [4.78, 5) is 28.1. The molecule has 1 aliphatic rings. The van der Waals surface area contributed by atoms with Crippen LogP contribution < -0.4 is 9.47 Å². The van der Waals surface area contributed by atoms with Crippen molar-refractivity contribution in [3.8, 4) is 22.6 Å². The first kappa shape index (κ1) is 32.4. The summed E-state index contributed by atoms with van der Waals surface area (Å²) in [5, 5.41) is 0. The molecule has 1 aliphatic heterocycles. The predicted octanol–water partition coefficient (Wildman–Crippen LogP) is 9.80. The van der Waals surface area contributed by atoms with Crippen LogP contribution in [0, 0.1) is 0 Å². The molecule has 0 bridgehead atoms. The summed E-state index contributed by atoms with van der Waals surface area (Å²) in [6, 6.07) is 20.6. The third-order valence-corrected chi connectivity index (χ3v) is 8.40. The number of amides is 1. The Labute approximate surface area is 262 Å². The molecular formula is C37H45NO4S. The van der Waals surface area contributed by atoms with E-state index >= 15 is 0 Å². The number of rotatable bonds is 18. The van der Waals surface area contributed by atoms with Gasteiger partial charge in [-0.25, -0.2) is 4.79 Å². The molecule has 6 heteroatoms. The number of hydrogen-bond acceptors (Lipinski definition) is 5. The van der Waals surface area contributed by atoms with E-state index in [-0.39, 0.29) is 5.91 Å². The lowest BCUT2D eigenvalue weighted by atomic mass is 10.1. The number of carbonyl (C=O) groups is 2. The second-order valence-corrected chi connectivity index (χ2v) is 11.7. The molecule has 0 saturated carbocycles.